The van der Waals surface area contributed by atoms with E-state index in [0.29, 0.717) is 11.1 Å². The molecule has 4 aromatic heterocycles. The van der Waals surface area contributed by atoms with Crippen LogP contribution in [0.1, 0.15) is 13.7 Å². The summed E-state index contributed by atoms with van der Waals surface area (Å²) in [6.07, 6.45) is 0. The van der Waals surface area contributed by atoms with E-state index in [1.165, 1.54) is 4.57 Å². The fourth-order valence-corrected chi connectivity index (χ4v) is 8.01. The lowest BCUT2D eigenvalue weighted by atomic mass is 10.0. The minimum atomic E-state index is -0.557. The number of benzene rings is 7. The molecular weight excluding hydrogens is 645 g/mol. The average Bonchev–Trinajstić information content (AvgIpc) is 3.99. The van der Waals surface area contributed by atoms with Crippen molar-refractivity contribution in [1.29, 1.82) is 0 Å². The van der Waals surface area contributed by atoms with Crippen LogP contribution in [0.3, 0.4) is 0 Å². The van der Waals surface area contributed by atoms with Gasteiger partial charge in [-0.3, -0.25) is 4.57 Å². The maximum Gasteiger partial charge on any atom is 0.238 e. The van der Waals surface area contributed by atoms with Gasteiger partial charge in [0.25, 0.3) is 0 Å². The average molecular weight is 681 g/mol. The van der Waals surface area contributed by atoms with Gasteiger partial charge in [-0.25, -0.2) is 4.98 Å². The van der Waals surface area contributed by atoms with Gasteiger partial charge in [-0.2, -0.15) is 9.97 Å². The minimum Gasteiger partial charge on any atom is -0.454 e. The van der Waals surface area contributed by atoms with E-state index in [1.807, 2.05) is 97.1 Å². The van der Waals surface area contributed by atoms with Crippen molar-refractivity contribution in [2.24, 2.45) is 0 Å². The summed E-state index contributed by atoms with van der Waals surface area (Å²) in [6, 6.07) is 26.5. The Kier molecular flexibility index (Phi) is 4.32. The van der Waals surface area contributed by atoms with Crippen molar-refractivity contribution in [3.63, 3.8) is 0 Å². The summed E-state index contributed by atoms with van der Waals surface area (Å²) in [4.78, 5) is 15.2. The van der Waals surface area contributed by atoms with Crippen LogP contribution in [-0.4, -0.2) is 19.5 Å². The molecule has 0 aliphatic carbocycles. The number of aromatic nitrogens is 4. The van der Waals surface area contributed by atoms with Gasteiger partial charge in [0.1, 0.15) is 11.1 Å². The number of furan rings is 1. The van der Waals surface area contributed by atoms with Gasteiger partial charge in [0, 0.05) is 52.8 Å². The number of hydrogen-bond acceptors (Lipinski definition) is 5. The Morgan fingerprint density at radius 2 is 1.24 bits per heavy atom. The van der Waals surface area contributed by atoms with Gasteiger partial charge >= 0.3 is 0 Å². The van der Waals surface area contributed by atoms with E-state index in [1.54, 1.807) is 11.3 Å². The molecule has 5 nitrogen and oxygen atoms in total. The maximum atomic E-state index is 9.41. The molecule has 11 aromatic rings. The van der Waals surface area contributed by atoms with Crippen molar-refractivity contribution in [2.45, 2.75) is 0 Å². The zero-order valence-electron chi connectivity index (χ0n) is 36.3. The number of para-hydroxylation sites is 2. The molecule has 6 heteroatoms. The lowest BCUT2D eigenvalue weighted by Gasteiger charge is -2.12. The topological polar surface area (TPSA) is 56.7 Å². The SMILES string of the molecule is [2H]c1c([2H])c([2H])c2c(oc3c2c([2H])c([2H])c2c4c([2H])c([2H])c([2H])c([2H])c4n(-c4nc(-c5ccc(-c6ccccc6)cc5)nc(-c5cccc6sc7ccccc7c56)n4)c32)c1[2H]. The first-order valence-electron chi connectivity index (χ1n) is 21.1. The van der Waals surface area contributed by atoms with Crippen LogP contribution >= 0.6 is 11.3 Å². The quantitative estimate of drug-likeness (QED) is 0.186. The number of nitrogens with zero attached hydrogens (tertiary/aromatic N) is 4. The molecule has 11 rings (SSSR count). The van der Waals surface area contributed by atoms with Gasteiger partial charge in [0.05, 0.1) is 19.2 Å². The van der Waals surface area contributed by atoms with Gasteiger partial charge < -0.3 is 4.42 Å². The van der Waals surface area contributed by atoms with Crippen LogP contribution in [0.2, 0.25) is 0 Å². The molecule has 4 heterocycles. The molecule has 0 atom stereocenters. The summed E-state index contributed by atoms with van der Waals surface area (Å²) in [5.41, 5.74) is 2.78. The van der Waals surface area contributed by atoms with Crippen molar-refractivity contribution in [3.05, 3.63) is 157 Å². The molecule has 0 unspecified atom stereocenters. The minimum absolute atomic E-state index is 0.00669. The van der Waals surface area contributed by atoms with E-state index in [4.69, 9.17) is 29.0 Å². The predicted octanol–water partition coefficient (Wildman–Crippen LogP) is 12.2. The second-order valence-corrected chi connectivity index (χ2v) is 13.1. The van der Waals surface area contributed by atoms with Gasteiger partial charge in [-0.1, -0.05) is 127 Å². The number of rotatable bonds is 4. The van der Waals surface area contributed by atoms with Gasteiger partial charge in [-0.15, -0.1) is 11.3 Å². The zero-order chi connectivity index (χ0) is 42.2. The molecule has 0 fully saturated rings. The van der Waals surface area contributed by atoms with Crippen LogP contribution in [0.15, 0.2) is 162 Å². The predicted molar refractivity (Wildman–Crippen MR) is 211 cm³/mol. The van der Waals surface area contributed by atoms with Crippen LogP contribution in [0.4, 0.5) is 0 Å². The summed E-state index contributed by atoms with van der Waals surface area (Å²) >= 11 is 1.62. The van der Waals surface area contributed by atoms with Crippen molar-refractivity contribution < 1.29 is 18.1 Å². The smallest absolute Gasteiger partial charge is 0.238 e. The fraction of sp³-hybridized carbons (Fsp3) is 0. The van der Waals surface area contributed by atoms with Gasteiger partial charge in [0.15, 0.2) is 17.2 Å². The van der Waals surface area contributed by atoms with Crippen molar-refractivity contribution in [2.75, 3.05) is 0 Å². The highest BCUT2D eigenvalue weighted by Crippen LogP contribution is 2.42. The van der Waals surface area contributed by atoms with Crippen LogP contribution in [0.5, 0.6) is 0 Å². The lowest BCUT2D eigenvalue weighted by Crippen LogP contribution is -2.06. The molecule has 0 amide bonds. The summed E-state index contributed by atoms with van der Waals surface area (Å²) in [5, 5.41) is 1.57. The van der Waals surface area contributed by atoms with Crippen molar-refractivity contribution in [1.82, 2.24) is 19.5 Å². The maximum absolute atomic E-state index is 9.41. The Morgan fingerprint density at radius 1 is 0.529 bits per heavy atom. The van der Waals surface area contributed by atoms with Crippen LogP contribution in [-0.2, 0) is 0 Å². The first-order chi connectivity index (χ1) is 29.4. The molecular formula is C45H26N4OS. The summed E-state index contributed by atoms with van der Waals surface area (Å²) in [5.74, 6) is 0.392. The van der Waals surface area contributed by atoms with Crippen LogP contribution < -0.4 is 0 Å². The number of thiophene rings is 1. The third kappa shape index (κ3) is 4.30. The third-order valence-electron chi connectivity index (χ3n) is 9.18. The first-order valence-corrected chi connectivity index (χ1v) is 16.9. The van der Waals surface area contributed by atoms with E-state index in [9.17, 15) is 4.11 Å². The third-order valence-corrected chi connectivity index (χ3v) is 10.3. The normalized spacial score (nSPS) is 14.7. The second-order valence-electron chi connectivity index (χ2n) is 12.0. The van der Waals surface area contributed by atoms with E-state index < -0.39 is 60.4 Å². The Bertz CT molecular complexity index is 3720. The summed E-state index contributed by atoms with van der Waals surface area (Å²) in [6.45, 7) is 0. The van der Waals surface area contributed by atoms with E-state index in [2.05, 4.69) is 0 Å². The lowest BCUT2D eigenvalue weighted by molar-refractivity contribution is 0.670. The van der Waals surface area contributed by atoms with Gasteiger partial charge in [-0.05, 0) is 41.4 Å². The molecule has 0 bridgehead atoms. The summed E-state index contributed by atoms with van der Waals surface area (Å²) in [7, 11) is 0. The largest absolute Gasteiger partial charge is 0.454 e. The highest BCUT2D eigenvalue weighted by Gasteiger charge is 2.23. The monoisotopic (exact) mass is 680 g/mol. The van der Waals surface area contributed by atoms with E-state index in [-0.39, 0.29) is 61.3 Å². The van der Waals surface area contributed by atoms with E-state index in [0.717, 1.165) is 31.3 Å². The Labute approximate surface area is 309 Å². The van der Waals surface area contributed by atoms with Crippen LogP contribution in [0.25, 0.3) is 104 Å². The fourth-order valence-electron chi connectivity index (χ4n) is 6.88. The van der Waals surface area contributed by atoms with E-state index >= 15 is 0 Å². The molecule has 0 spiro atoms. The number of fused-ring (bicyclic) bond motifs is 10. The Morgan fingerprint density at radius 3 is 2.14 bits per heavy atom. The first kappa shape index (κ1) is 20.1. The molecule has 7 aromatic carbocycles. The molecule has 0 radical (unpaired) electrons. The molecule has 0 aliphatic rings. The second kappa shape index (κ2) is 10.9. The number of hydrogen-bond donors (Lipinski definition) is 0. The highest BCUT2D eigenvalue weighted by atomic mass is 32.1. The van der Waals surface area contributed by atoms with Crippen molar-refractivity contribution in [3.8, 4) is 39.9 Å². The molecule has 51 heavy (non-hydrogen) atoms. The van der Waals surface area contributed by atoms with Crippen molar-refractivity contribution >= 4 is 75.3 Å². The summed E-state index contributed by atoms with van der Waals surface area (Å²) < 4.78 is 98.7. The Hall–Kier alpha value is -6.63. The molecule has 238 valence electrons. The molecule has 0 aliphatic heterocycles. The van der Waals surface area contributed by atoms with Gasteiger partial charge in [0.2, 0.25) is 5.95 Å². The van der Waals surface area contributed by atoms with Crippen LogP contribution in [0, 0.1) is 0 Å². The molecule has 0 N–H and O–H groups in total. The molecule has 0 saturated carbocycles. The Balaban J connectivity index is 1.32. The standard InChI is InChI=1S/C45H26N4OS/c1-2-11-27(12-3-1)28-21-23-29(24-22-28)43-46-44(35-16-10-20-39-40(35)34-15-6-9-19-38(34)51-39)48-45(47-43)49-36-17-7-4-13-30(36)32-25-26-33-31-14-5-8-18-37(31)50-42(33)41(32)49/h1-26H/i4D,5D,7D,8D,13D,14D,17D,18D,25D,26D. The highest BCUT2D eigenvalue weighted by molar-refractivity contribution is 7.25. The molecule has 0 saturated heterocycles. The zero-order valence-corrected chi connectivity index (χ0v) is 27.2.